The highest BCUT2D eigenvalue weighted by Gasteiger charge is 1.82. The Balaban J connectivity index is 0.000000265. The van der Waals surface area contributed by atoms with Gasteiger partial charge >= 0.3 is 0 Å². The van der Waals surface area contributed by atoms with Crippen LogP contribution in [-0.2, 0) is 0 Å². The molecule has 0 saturated heterocycles. The maximum absolute atomic E-state index is 5.40. The van der Waals surface area contributed by atoms with E-state index in [1.807, 2.05) is 39.2 Å². The van der Waals surface area contributed by atoms with Gasteiger partial charge < -0.3 is 5.73 Å². The van der Waals surface area contributed by atoms with Crippen LogP contribution in [0.4, 0.5) is 5.69 Å². The smallest absolute Gasteiger partial charge is 0.0503 e. The van der Waals surface area contributed by atoms with Crippen molar-refractivity contribution in [1.82, 2.24) is 9.99 Å². The molecule has 4 nitrogen and oxygen atoms in total. The molecule has 0 amide bonds. The Morgan fingerprint density at radius 2 is 2.20 bits per heavy atom. The Labute approximate surface area is 91.1 Å². The number of nitrogens with zero attached hydrogens (tertiary/aromatic N) is 3. The molecule has 0 unspecified atom stereocenters. The largest absolute Gasteiger partial charge is 0.397 e. The summed E-state index contributed by atoms with van der Waals surface area (Å²) >= 11 is 0. The van der Waals surface area contributed by atoms with Crippen molar-refractivity contribution in [3.8, 4) is 0 Å². The average molecular weight is 206 g/mol. The van der Waals surface area contributed by atoms with Gasteiger partial charge in [-0.3, -0.25) is 9.99 Å². The molecule has 4 heteroatoms. The zero-order valence-electron chi connectivity index (χ0n) is 9.51. The zero-order valence-corrected chi connectivity index (χ0v) is 9.51. The van der Waals surface area contributed by atoms with Crippen LogP contribution in [0.3, 0.4) is 0 Å². The van der Waals surface area contributed by atoms with Crippen LogP contribution in [0.2, 0.25) is 0 Å². The van der Waals surface area contributed by atoms with E-state index in [1.165, 1.54) is 0 Å². The maximum atomic E-state index is 5.40. The lowest BCUT2D eigenvalue weighted by Crippen LogP contribution is -1.97. The number of anilines is 1. The van der Waals surface area contributed by atoms with Crippen molar-refractivity contribution in [3.63, 3.8) is 0 Å². The Kier molecular flexibility index (Phi) is 6.63. The first-order valence-corrected chi connectivity index (χ1v) is 4.59. The van der Waals surface area contributed by atoms with Crippen LogP contribution < -0.4 is 5.73 Å². The topological polar surface area (TPSA) is 54.5 Å². The Hall–Kier alpha value is -1.84. The Bertz CT molecular complexity index is 303. The number of nitrogens with two attached hydrogens (primary N) is 1. The molecule has 1 rings (SSSR count). The zero-order chi connectivity index (χ0) is 11.7. The van der Waals surface area contributed by atoms with Crippen LogP contribution in [0, 0.1) is 6.92 Å². The number of rotatable bonds is 2. The van der Waals surface area contributed by atoms with Gasteiger partial charge in [0.2, 0.25) is 0 Å². The Morgan fingerprint density at radius 1 is 1.53 bits per heavy atom. The van der Waals surface area contributed by atoms with E-state index in [2.05, 4.69) is 16.8 Å². The second-order valence-corrected chi connectivity index (χ2v) is 2.99. The summed E-state index contributed by atoms with van der Waals surface area (Å²) in [5, 5.41) is 5.21. The molecule has 1 aromatic heterocycles. The van der Waals surface area contributed by atoms with Crippen LogP contribution in [0.25, 0.3) is 0 Å². The van der Waals surface area contributed by atoms with Crippen molar-refractivity contribution >= 4 is 12.4 Å². The van der Waals surface area contributed by atoms with Crippen molar-refractivity contribution in [3.05, 3.63) is 36.3 Å². The van der Waals surface area contributed by atoms with Gasteiger partial charge in [0.15, 0.2) is 0 Å². The molecule has 2 N–H and O–H groups in total. The van der Waals surface area contributed by atoms with Crippen LogP contribution >= 0.6 is 0 Å². The number of pyridine rings is 1. The number of aromatic nitrogens is 1. The van der Waals surface area contributed by atoms with E-state index in [-0.39, 0.29) is 0 Å². The van der Waals surface area contributed by atoms with Gasteiger partial charge in [0.05, 0.1) is 5.69 Å². The molecule has 82 valence electrons. The van der Waals surface area contributed by atoms with Gasteiger partial charge in [-0.05, 0) is 25.5 Å². The number of aryl methyl sites for hydroxylation is 1. The molecule has 1 aromatic rings. The first kappa shape index (κ1) is 13.2. The van der Waals surface area contributed by atoms with E-state index in [1.54, 1.807) is 17.4 Å². The lowest BCUT2D eigenvalue weighted by Gasteiger charge is -2.00. The van der Waals surface area contributed by atoms with Gasteiger partial charge in [0, 0.05) is 32.4 Å². The molecule has 0 aromatic carbocycles. The van der Waals surface area contributed by atoms with Gasteiger partial charge in [-0.1, -0.05) is 6.08 Å². The molecule has 0 spiro atoms. The van der Waals surface area contributed by atoms with Crippen LogP contribution in [0.1, 0.15) is 12.5 Å². The summed E-state index contributed by atoms with van der Waals surface area (Å²) in [7, 11) is 1.83. The predicted octanol–water partition coefficient (Wildman–Crippen LogP) is 2.04. The van der Waals surface area contributed by atoms with Crippen molar-refractivity contribution in [2.24, 2.45) is 5.10 Å². The molecule has 0 aliphatic rings. The predicted molar refractivity (Wildman–Crippen MR) is 65.5 cm³/mol. The minimum absolute atomic E-state index is 0.727. The highest BCUT2D eigenvalue weighted by atomic mass is 15.4. The summed E-state index contributed by atoms with van der Waals surface area (Å²) < 4.78 is 0. The molecule has 15 heavy (non-hydrogen) atoms. The number of allylic oxidation sites excluding steroid dienone is 1. The fourth-order valence-electron chi connectivity index (χ4n) is 0.841. The molecule has 1 heterocycles. The molecule has 0 aliphatic carbocycles. The van der Waals surface area contributed by atoms with Gasteiger partial charge in [0.1, 0.15) is 0 Å². The van der Waals surface area contributed by atoms with Crippen molar-refractivity contribution in [2.75, 3.05) is 12.8 Å². The summed E-state index contributed by atoms with van der Waals surface area (Å²) in [4.78, 5) is 3.86. The average Bonchev–Trinajstić information content (AvgIpc) is 2.18. The highest BCUT2D eigenvalue weighted by molar-refractivity contribution is 5.36. The van der Waals surface area contributed by atoms with Crippen LogP contribution in [0.15, 0.2) is 35.8 Å². The SMILES string of the molecule is C=NN(C)/C=C\C.Cc1cncc(N)c1. The standard InChI is InChI=1S/C6H8N2.C5H10N2/c1-5-2-6(7)4-8-3-5;1-4-5-7(3)6-2/h2-4H,7H2,1H3;4-5H,2H2,1,3H3/b;5-4-. The molecule has 0 aliphatic heterocycles. The highest BCUT2D eigenvalue weighted by Crippen LogP contribution is 1.99. The van der Waals surface area contributed by atoms with Crippen LogP contribution in [0.5, 0.6) is 0 Å². The summed E-state index contributed by atoms with van der Waals surface area (Å²) in [5.41, 5.74) is 7.22. The second kappa shape index (κ2) is 7.55. The first-order valence-electron chi connectivity index (χ1n) is 4.59. The second-order valence-electron chi connectivity index (χ2n) is 2.99. The third-order valence-electron chi connectivity index (χ3n) is 1.48. The lowest BCUT2D eigenvalue weighted by atomic mass is 10.3. The number of hydrazone groups is 1. The fraction of sp³-hybridized carbons (Fsp3) is 0.273. The minimum atomic E-state index is 0.727. The molecule has 0 radical (unpaired) electrons. The Morgan fingerprint density at radius 3 is 2.47 bits per heavy atom. The van der Waals surface area contributed by atoms with Crippen molar-refractivity contribution in [1.29, 1.82) is 0 Å². The maximum Gasteiger partial charge on any atom is 0.0503 e. The quantitative estimate of drug-likeness (QED) is 0.595. The summed E-state index contributed by atoms with van der Waals surface area (Å²) in [5.74, 6) is 0. The van der Waals surface area contributed by atoms with E-state index in [0.717, 1.165) is 11.3 Å². The van der Waals surface area contributed by atoms with Gasteiger partial charge in [0.25, 0.3) is 0 Å². The normalized spacial score (nSPS) is 9.27. The van der Waals surface area contributed by atoms with Gasteiger partial charge in [-0.15, -0.1) is 0 Å². The van der Waals surface area contributed by atoms with E-state index in [4.69, 9.17) is 5.73 Å². The van der Waals surface area contributed by atoms with E-state index in [0.29, 0.717) is 0 Å². The molecule has 0 saturated carbocycles. The van der Waals surface area contributed by atoms with E-state index in [9.17, 15) is 0 Å². The minimum Gasteiger partial charge on any atom is -0.397 e. The molecule has 0 bridgehead atoms. The number of hydrogen-bond donors (Lipinski definition) is 1. The van der Waals surface area contributed by atoms with Crippen molar-refractivity contribution < 1.29 is 0 Å². The number of nitrogen functional groups attached to an aromatic ring is 1. The molecular weight excluding hydrogens is 188 g/mol. The van der Waals surface area contributed by atoms with Crippen molar-refractivity contribution in [2.45, 2.75) is 13.8 Å². The third kappa shape index (κ3) is 7.25. The molecular formula is C11H18N4. The molecule has 0 fully saturated rings. The molecule has 0 atom stereocenters. The van der Waals surface area contributed by atoms with Gasteiger partial charge in [-0.2, -0.15) is 5.10 Å². The monoisotopic (exact) mass is 206 g/mol. The van der Waals surface area contributed by atoms with Crippen LogP contribution in [-0.4, -0.2) is 23.8 Å². The number of hydrogen-bond acceptors (Lipinski definition) is 4. The first-order chi connectivity index (χ1) is 7.10. The third-order valence-corrected chi connectivity index (χ3v) is 1.48. The summed E-state index contributed by atoms with van der Waals surface area (Å²) in [6.07, 6.45) is 7.13. The summed E-state index contributed by atoms with van der Waals surface area (Å²) in [6, 6.07) is 1.88. The van der Waals surface area contributed by atoms with E-state index >= 15 is 0 Å². The summed E-state index contributed by atoms with van der Waals surface area (Å²) in [6.45, 7) is 7.20. The fourth-order valence-corrected chi connectivity index (χ4v) is 0.841. The van der Waals surface area contributed by atoms with E-state index < -0.39 is 0 Å². The lowest BCUT2D eigenvalue weighted by molar-refractivity contribution is 0.494. The van der Waals surface area contributed by atoms with Gasteiger partial charge in [-0.25, -0.2) is 0 Å².